The molecular weight excluding hydrogens is 520 g/mol. The van der Waals surface area contributed by atoms with E-state index in [1.54, 1.807) is 0 Å². The second-order valence-corrected chi connectivity index (χ2v) is 9.50. The molecule has 1 amide bonds. The Morgan fingerprint density at radius 2 is 1.68 bits per heavy atom. The lowest BCUT2D eigenvalue weighted by molar-refractivity contribution is -0.274. The third-order valence-corrected chi connectivity index (χ3v) is 6.95. The summed E-state index contributed by atoms with van der Waals surface area (Å²) in [5.41, 5.74) is -1.25. The SMILES string of the molecule is O=C(CN1/C(=C(/O)c2ccc(F)cc2)C(=O)c2ccccc2S1(=O)=O)Nc1cccc(OC(F)(F)F)c1. The minimum Gasteiger partial charge on any atom is -0.505 e. The fourth-order valence-electron chi connectivity index (χ4n) is 3.59. The highest BCUT2D eigenvalue weighted by Crippen LogP contribution is 2.35. The first-order chi connectivity index (χ1) is 17.4. The van der Waals surface area contributed by atoms with Crippen molar-refractivity contribution in [1.29, 1.82) is 0 Å². The summed E-state index contributed by atoms with van der Waals surface area (Å²) in [7, 11) is -4.56. The van der Waals surface area contributed by atoms with Crippen molar-refractivity contribution in [1.82, 2.24) is 4.31 Å². The Labute approximate surface area is 207 Å². The van der Waals surface area contributed by atoms with Crippen LogP contribution in [0.4, 0.5) is 23.2 Å². The number of rotatable bonds is 5. The molecule has 1 heterocycles. The number of fused-ring (bicyclic) bond motifs is 1. The third-order valence-electron chi connectivity index (χ3n) is 5.14. The molecule has 4 rings (SSSR count). The zero-order chi connectivity index (χ0) is 27.0. The standard InChI is InChI=1S/C24H16F4N2O6S/c25-15-10-8-14(9-11-15)22(32)21-23(33)18-6-1-2-7-19(18)37(34,35)30(21)13-20(31)29-16-4-3-5-17(12-16)36-24(26,27)28/h1-12,32H,13H2,(H,29,31)/b22-21+. The monoisotopic (exact) mass is 536 g/mol. The minimum absolute atomic E-state index is 0.0956. The highest BCUT2D eigenvalue weighted by atomic mass is 32.2. The fraction of sp³-hybridized carbons (Fsp3) is 0.0833. The van der Waals surface area contributed by atoms with Crippen molar-refractivity contribution < 1.29 is 45.4 Å². The summed E-state index contributed by atoms with van der Waals surface area (Å²) >= 11 is 0. The molecule has 3 aromatic carbocycles. The Morgan fingerprint density at radius 3 is 2.35 bits per heavy atom. The number of carbonyl (C=O) groups is 2. The van der Waals surface area contributed by atoms with E-state index in [1.807, 2.05) is 0 Å². The van der Waals surface area contributed by atoms with Crippen LogP contribution in [0.5, 0.6) is 5.75 Å². The molecule has 0 aromatic heterocycles. The average Bonchev–Trinajstić information content (AvgIpc) is 2.82. The summed E-state index contributed by atoms with van der Waals surface area (Å²) in [4.78, 5) is 25.6. The molecular formula is C24H16F4N2O6S. The number of nitrogens with zero attached hydrogens (tertiary/aromatic N) is 1. The van der Waals surface area contributed by atoms with E-state index in [2.05, 4.69) is 10.1 Å². The van der Waals surface area contributed by atoms with E-state index in [9.17, 15) is 40.7 Å². The number of aliphatic hydroxyl groups is 1. The molecule has 8 nitrogen and oxygen atoms in total. The molecule has 0 unspecified atom stereocenters. The van der Waals surface area contributed by atoms with Crippen LogP contribution in [0.3, 0.4) is 0 Å². The van der Waals surface area contributed by atoms with Crippen LogP contribution >= 0.6 is 0 Å². The number of sulfonamides is 1. The van der Waals surface area contributed by atoms with Crippen molar-refractivity contribution in [3.63, 3.8) is 0 Å². The van der Waals surface area contributed by atoms with Crippen LogP contribution in [0.1, 0.15) is 15.9 Å². The van der Waals surface area contributed by atoms with E-state index in [-0.39, 0.29) is 16.8 Å². The number of hydrogen-bond acceptors (Lipinski definition) is 6. The Kier molecular flexibility index (Phi) is 6.65. The molecule has 192 valence electrons. The zero-order valence-electron chi connectivity index (χ0n) is 18.5. The van der Waals surface area contributed by atoms with Gasteiger partial charge < -0.3 is 15.2 Å². The van der Waals surface area contributed by atoms with E-state index < -0.39 is 62.5 Å². The van der Waals surface area contributed by atoms with Gasteiger partial charge in [-0.2, -0.15) is 0 Å². The van der Waals surface area contributed by atoms with Crippen LogP contribution in [0.15, 0.2) is 83.4 Å². The molecule has 0 bridgehead atoms. The normalized spacial score (nSPS) is 16.1. The van der Waals surface area contributed by atoms with Gasteiger partial charge in [0.15, 0.2) is 5.76 Å². The Bertz CT molecular complexity index is 1520. The molecule has 3 aromatic rings. The van der Waals surface area contributed by atoms with Gasteiger partial charge >= 0.3 is 6.36 Å². The topological polar surface area (TPSA) is 113 Å². The maximum absolute atomic E-state index is 13.4. The molecule has 0 fully saturated rings. The summed E-state index contributed by atoms with van der Waals surface area (Å²) in [5, 5.41) is 13.1. The molecule has 0 aliphatic carbocycles. The number of ether oxygens (including phenoxy) is 1. The molecule has 1 aliphatic rings. The third kappa shape index (κ3) is 5.40. The second-order valence-electron chi connectivity index (χ2n) is 7.66. The largest absolute Gasteiger partial charge is 0.573 e. The highest BCUT2D eigenvalue weighted by Gasteiger charge is 2.42. The zero-order valence-corrected chi connectivity index (χ0v) is 19.3. The van der Waals surface area contributed by atoms with E-state index >= 15 is 0 Å². The summed E-state index contributed by atoms with van der Waals surface area (Å²) in [6, 6.07) is 13.6. The van der Waals surface area contributed by atoms with Crippen LogP contribution in [0, 0.1) is 5.82 Å². The predicted octanol–water partition coefficient (Wildman–Crippen LogP) is 4.48. The summed E-state index contributed by atoms with van der Waals surface area (Å²) in [6.45, 7) is -1.02. The van der Waals surface area contributed by atoms with E-state index in [0.29, 0.717) is 4.31 Å². The first kappa shape index (κ1) is 25.7. The molecule has 1 aliphatic heterocycles. The van der Waals surface area contributed by atoms with Gasteiger partial charge in [0.25, 0.3) is 10.0 Å². The van der Waals surface area contributed by atoms with Gasteiger partial charge in [-0.1, -0.05) is 18.2 Å². The molecule has 0 spiro atoms. The number of hydrogen-bond donors (Lipinski definition) is 2. The number of alkyl halides is 3. The molecule has 0 saturated heterocycles. The van der Waals surface area contributed by atoms with Crippen molar-refractivity contribution >= 4 is 33.2 Å². The van der Waals surface area contributed by atoms with Crippen molar-refractivity contribution in [2.75, 3.05) is 11.9 Å². The van der Waals surface area contributed by atoms with Gasteiger partial charge in [0.1, 0.15) is 23.8 Å². The quantitative estimate of drug-likeness (QED) is 0.283. The first-order valence-electron chi connectivity index (χ1n) is 10.4. The first-order valence-corrected chi connectivity index (χ1v) is 11.8. The van der Waals surface area contributed by atoms with E-state index in [0.717, 1.165) is 42.5 Å². The van der Waals surface area contributed by atoms with Crippen molar-refractivity contribution in [3.8, 4) is 5.75 Å². The predicted molar refractivity (Wildman–Crippen MR) is 122 cm³/mol. The Balaban J connectivity index is 1.73. The van der Waals surface area contributed by atoms with Gasteiger partial charge in [0, 0.05) is 22.9 Å². The minimum atomic E-state index is -4.98. The fourth-order valence-corrected chi connectivity index (χ4v) is 5.22. The van der Waals surface area contributed by atoms with Gasteiger partial charge in [0.2, 0.25) is 11.7 Å². The van der Waals surface area contributed by atoms with Crippen LogP contribution in [0.25, 0.3) is 5.76 Å². The van der Waals surface area contributed by atoms with Crippen molar-refractivity contribution in [2.24, 2.45) is 0 Å². The number of anilines is 1. The van der Waals surface area contributed by atoms with E-state index in [1.165, 1.54) is 30.3 Å². The number of benzene rings is 3. The number of carbonyl (C=O) groups excluding carboxylic acids is 2. The molecule has 0 atom stereocenters. The van der Waals surface area contributed by atoms with Crippen molar-refractivity contribution in [3.05, 3.63) is 95.4 Å². The average molecular weight is 536 g/mol. The number of allylic oxidation sites excluding steroid dienone is 1. The van der Waals surface area contributed by atoms with Gasteiger partial charge in [-0.05, 0) is 48.5 Å². The number of aliphatic hydroxyl groups excluding tert-OH is 1. The Hall–Kier alpha value is -4.39. The lowest BCUT2D eigenvalue weighted by Crippen LogP contribution is -2.43. The van der Waals surface area contributed by atoms with Crippen LogP contribution in [-0.4, -0.2) is 42.4 Å². The van der Waals surface area contributed by atoms with Crippen LogP contribution in [0.2, 0.25) is 0 Å². The number of Topliss-reactive ketones (excluding diaryl/α,β-unsaturated/α-hetero) is 1. The molecule has 2 N–H and O–H groups in total. The number of ketones is 1. The van der Waals surface area contributed by atoms with Crippen LogP contribution in [-0.2, 0) is 14.8 Å². The smallest absolute Gasteiger partial charge is 0.505 e. The Morgan fingerprint density at radius 1 is 1.00 bits per heavy atom. The number of nitrogens with one attached hydrogen (secondary N) is 1. The molecule has 37 heavy (non-hydrogen) atoms. The number of amides is 1. The summed E-state index contributed by atoms with van der Waals surface area (Å²) in [5.74, 6) is -4.06. The van der Waals surface area contributed by atoms with Gasteiger partial charge in [0.05, 0.1) is 4.90 Å². The van der Waals surface area contributed by atoms with Gasteiger partial charge in [-0.15, -0.1) is 13.2 Å². The highest BCUT2D eigenvalue weighted by molar-refractivity contribution is 7.89. The lowest BCUT2D eigenvalue weighted by atomic mass is 10.0. The van der Waals surface area contributed by atoms with Gasteiger partial charge in [-0.25, -0.2) is 17.1 Å². The molecule has 0 saturated carbocycles. The second kappa shape index (κ2) is 9.58. The molecule has 0 radical (unpaired) electrons. The van der Waals surface area contributed by atoms with Gasteiger partial charge in [-0.3, -0.25) is 9.59 Å². The number of halogens is 4. The van der Waals surface area contributed by atoms with Crippen molar-refractivity contribution in [2.45, 2.75) is 11.3 Å². The van der Waals surface area contributed by atoms with Crippen LogP contribution < -0.4 is 10.1 Å². The van der Waals surface area contributed by atoms with E-state index in [4.69, 9.17) is 0 Å². The lowest BCUT2D eigenvalue weighted by Gasteiger charge is -2.31. The summed E-state index contributed by atoms with van der Waals surface area (Å²) < 4.78 is 81.9. The summed E-state index contributed by atoms with van der Waals surface area (Å²) in [6.07, 6.45) is -4.98. The maximum atomic E-state index is 13.4. The maximum Gasteiger partial charge on any atom is 0.573 e. The molecule has 13 heteroatoms.